The number of nitrogens with two attached hydrogens (primary N) is 1. The number of aryl methyl sites for hydroxylation is 1. The second kappa shape index (κ2) is 6.09. The molecule has 0 aliphatic heterocycles. The van der Waals surface area contributed by atoms with Gasteiger partial charge in [-0.05, 0) is 54.8 Å². The molecule has 0 unspecified atom stereocenters. The van der Waals surface area contributed by atoms with Gasteiger partial charge in [0.05, 0.1) is 12.2 Å². The Morgan fingerprint density at radius 1 is 1.25 bits per heavy atom. The summed E-state index contributed by atoms with van der Waals surface area (Å²) in [5, 5.41) is 0. The van der Waals surface area contributed by atoms with E-state index in [1.54, 1.807) is 13.0 Å². The summed E-state index contributed by atoms with van der Waals surface area (Å²) in [4.78, 5) is 11.9. The molecule has 0 spiro atoms. The number of ether oxygens (including phenoxy) is 1. The van der Waals surface area contributed by atoms with Gasteiger partial charge in [0, 0.05) is 10.2 Å². The molecule has 0 aliphatic carbocycles. The van der Waals surface area contributed by atoms with Crippen LogP contribution in [0.15, 0.2) is 40.9 Å². The third-order valence-electron chi connectivity index (χ3n) is 3.05. The number of esters is 1. The summed E-state index contributed by atoms with van der Waals surface area (Å²) in [6.45, 7) is 4.08. The van der Waals surface area contributed by atoms with Crippen molar-refractivity contribution in [3.8, 4) is 11.1 Å². The van der Waals surface area contributed by atoms with Crippen LogP contribution in [0.5, 0.6) is 0 Å². The molecule has 2 N–H and O–H groups in total. The molecular weight excluding hydrogens is 318 g/mol. The van der Waals surface area contributed by atoms with Gasteiger partial charge in [-0.3, -0.25) is 0 Å². The second-order valence-electron chi connectivity index (χ2n) is 4.48. The van der Waals surface area contributed by atoms with Crippen LogP contribution in [0.25, 0.3) is 11.1 Å². The average Bonchev–Trinajstić information content (AvgIpc) is 2.40. The highest BCUT2D eigenvalue weighted by Crippen LogP contribution is 2.29. The number of rotatable bonds is 3. The molecule has 2 rings (SSSR count). The molecule has 0 radical (unpaired) electrons. The number of hydrogen-bond acceptors (Lipinski definition) is 3. The summed E-state index contributed by atoms with van der Waals surface area (Å²) in [7, 11) is 0. The Kier molecular flexibility index (Phi) is 4.45. The molecule has 0 amide bonds. The maximum Gasteiger partial charge on any atom is 0.340 e. The van der Waals surface area contributed by atoms with Gasteiger partial charge >= 0.3 is 5.97 Å². The first kappa shape index (κ1) is 14.6. The van der Waals surface area contributed by atoms with Crippen LogP contribution in [-0.2, 0) is 4.74 Å². The van der Waals surface area contributed by atoms with Gasteiger partial charge in [0.2, 0.25) is 0 Å². The molecule has 2 aromatic carbocycles. The first-order valence-corrected chi connectivity index (χ1v) is 7.15. The number of anilines is 1. The summed E-state index contributed by atoms with van der Waals surface area (Å²) < 4.78 is 6.05. The quantitative estimate of drug-likeness (QED) is 0.677. The Morgan fingerprint density at radius 3 is 2.50 bits per heavy atom. The van der Waals surface area contributed by atoms with E-state index in [0.717, 1.165) is 21.2 Å². The van der Waals surface area contributed by atoms with Gasteiger partial charge in [0.1, 0.15) is 0 Å². The van der Waals surface area contributed by atoms with Crippen LogP contribution in [0, 0.1) is 6.92 Å². The van der Waals surface area contributed by atoms with Gasteiger partial charge in [-0.2, -0.15) is 0 Å². The van der Waals surface area contributed by atoms with Crippen LogP contribution >= 0.6 is 15.9 Å². The normalized spacial score (nSPS) is 10.3. The van der Waals surface area contributed by atoms with E-state index in [2.05, 4.69) is 15.9 Å². The Balaban J connectivity index is 2.51. The highest BCUT2D eigenvalue weighted by molar-refractivity contribution is 9.10. The minimum absolute atomic E-state index is 0.333. The maximum absolute atomic E-state index is 11.9. The van der Waals surface area contributed by atoms with Crippen LogP contribution in [0.1, 0.15) is 22.8 Å². The fraction of sp³-hybridized carbons (Fsp3) is 0.188. The number of hydrogen-bond donors (Lipinski definition) is 1. The van der Waals surface area contributed by atoms with Crippen molar-refractivity contribution in [1.29, 1.82) is 0 Å². The third-order valence-corrected chi connectivity index (χ3v) is 3.58. The van der Waals surface area contributed by atoms with Crippen molar-refractivity contribution in [1.82, 2.24) is 0 Å². The molecule has 3 nitrogen and oxygen atoms in total. The van der Waals surface area contributed by atoms with Gasteiger partial charge in [-0.15, -0.1) is 0 Å². The molecule has 4 heteroatoms. The Labute approximate surface area is 126 Å². The van der Waals surface area contributed by atoms with Crippen molar-refractivity contribution in [3.05, 3.63) is 52.0 Å². The fourth-order valence-electron chi connectivity index (χ4n) is 2.06. The zero-order valence-corrected chi connectivity index (χ0v) is 13.0. The van der Waals surface area contributed by atoms with Crippen LogP contribution in [0.4, 0.5) is 5.69 Å². The lowest BCUT2D eigenvalue weighted by Gasteiger charge is -2.12. The number of nitrogen functional groups attached to an aromatic ring is 1. The molecule has 0 atom stereocenters. The summed E-state index contributed by atoms with van der Waals surface area (Å²) >= 11 is 3.41. The predicted molar refractivity (Wildman–Crippen MR) is 84.7 cm³/mol. The molecule has 0 fully saturated rings. The monoisotopic (exact) mass is 333 g/mol. The summed E-state index contributed by atoms with van der Waals surface area (Å²) in [5.74, 6) is -0.386. The molecule has 0 heterocycles. The number of carbonyl (C=O) groups is 1. The zero-order chi connectivity index (χ0) is 14.7. The first-order chi connectivity index (χ1) is 9.52. The lowest BCUT2D eigenvalue weighted by molar-refractivity contribution is 0.0527. The largest absolute Gasteiger partial charge is 0.462 e. The Bertz CT molecular complexity index is 636. The van der Waals surface area contributed by atoms with E-state index in [1.807, 2.05) is 37.3 Å². The molecule has 0 bridgehead atoms. The van der Waals surface area contributed by atoms with Gasteiger partial charge in [0.25, 0.3) is 0 Å². The van der Waals surface area contributed by atoms with Crippen molar-refractivity contribution >= 4 is 27.6 Å². The molecule has 0 aromatic heterocycles. The van der Waals surface area contributed by atoms with Crippen LogP contribution < -0.4 is 5.73 Å². The molecule has 20 heavy (non-hydrogen) atoms. The summed E-state index contributed by atoms with van der Waals surface area (Å²) in [6, 6.07) is 11.5. The maximum atomic E-state index is 11.9. The topological polar surface area (TPSA) is 52.3 Å². The molecule has 2 aromatic rings. The van der Waals surface area contributed by atoms with Crippen molar-refractivity contribution in [2.75, 3.05) is 12.3 Å². The Morgan fingerprint density at radius 2 is 1.90 bits per heavy atom. The SMILES string of the molecule is CCOC(=O)c1cc(-c2ccc(Br)cc2)c(C)cc1N. The minimum atomic E-state index is -0.386. The highest BCUT2D eigenvalue weighted by Gasteiger charge is 2.14. The molecule has 0 saturated heterocycles. The Hall–Kier alpha value is -1.81. The fourth-order valence-corrected chi connectivity index (χ4v) is 2.32. The smallest absolute Gasteiger partial charge is 0.340 e. The summed E-state index contributed by atoms with van der Waals surface area (Å²) in [5.41, 5.74) is 9.82. The number of halogens is 1. The molecule has 104 valence electrons. The van der Waals surface area contributed by atoms with E-state index in [0.29, 0.717) is 17.9 Å². The van der Waals surface area contributed by atoms with Gasteiger partial charge < -0.3 is 10.5 Å². The highest BCUT2D eigenvalue weighted by atomic mass is 79.9. The van der Waals surface area contributed by atoms with E-state index in [9.17, 15) is 4.79 Å². The van der Waals surface area contributed by atoms with E-state index >= 15 is 0 Å². The van der Waals surface area contributed by atoms with Crippen molar-refractivity contribution in [2.45, 2.75) is 13.8 Å². The lowest BCUT2D eigenvalue weighted by atomic mass is 9.97. The van der Waals surface area contributed by atoms with Crippen molar-refractivity contribution in [3.63, 3.8) is 0 Å². The molecule has 0 saturated carbocycles. The zero-order valence-electron chi connectivity index (χ0n) is 11.4. The summed E-state index contributed by atoms with van der Waals surface area (Å²) in [6.07, 6.45) is 0. The first-order valence-electron chi connectivity index (χ1n) is 6.36. The van der Waals surface area contributed by atoms with Crippen molar-refractivity contribution < 1.29 is 9.53 Å². The minimum Gasteiger partial charge on any atom is -0.462 e. The number of carbonyl (C=O) groups excluding carboxylic acids is 1. The second-order valence-corrected chi connectivity index (χ2v) is 5.40. The van der Waals surface area contributed by atoms with Gasteiger partial charge in [0.15, 0.2) is 0 Å². The van der Waals surface area contributed by atoms with Crippen molar-refractivity contribution in [2.24, 2.45) is 0 Å². The third kappa shape index (κ3) is 3.02. The van der Waals surface area contributed by atoms with Crippen LogP contribution in [0.2, 0.25) is 0 Å². The average molecular weight is 334 g/mol. The van der Waals surface area contributed by atoms with Gasteiger partial charge in [-0.25, -0.2) is 4.79 Å². The standard InChI is InChI=1S/C16H16BrNO2/c1-3-20-16(19)14-9-13(10(2)8-15(14)18)11-4-6-12(17)7-5-11/h4-9H,3,18H2,1-2H3. The van der Waals surface area contributed by atoms with E-state index < -0.39 is 0 Å². The number of benzene rings is 2. The van der Waals surface area contributed by atoms with Gasteiger partial charge in [-0.1, -0.05) is 28.1 Å². The van der Waals surface area contributed by atoms with Crippen LogP contribution in [-0.4, -0.2) is 12.6 Å². The molecule has 0 aliphatic rings. The van der Waals surface area contributed by atoms with E-state index in [-0.39, 0.29) is 5.97 Å². The lowest BCUT2D eigenvalue weighted by Crippen LogP contribution is -2.08. The van der Waals surface area contributed by atoms with E-state index in [4.69, 9.17) is 10.5 Å². The van der Waals surface area contributed by atoms with E-state index in [1.165, 1.54) is 0 Å². The predicted octanol–water partition coefficient (Wildman–Crippen LogP) is 4.18. The van der Waals surface area contributed by atoms with Crippen LogP contribution in [0.3, 0.4) is 0 Å². The molecular formula is C16H16BrNO2.